The normalized spacial score (nSPS) is 20.7. The van der Waals surface area contributed by atoms with Crippen LogP contribution in [-0.2, 0) is 9.59 Å². The lowest BCUT2D eigenvalue weighted by Crippen LogP contribution is -3.19. The van der Waals surface area contributed by atoms with Crippen LogP contribution < -0.4 is 19.4 Å². The third-order valence-corrected chi connectivity index (χ3v) is 5.80. The smallest absolute Gasteiger partial charge is 0.292 e. The van der Waals surface area contributed by atoms with E-state index in [1.54, 1.807) is 31.4 Å². The number of anilines is 2. The molecule has 2 heterocycles. The zero-order valence-corrected chi connectivity index (χ0v) is 16.5. The molecule has 2 aromatic rings. The Bertz CT molecular complexity index is 879. The van der Waals surface area contributed by atoms with Crippen molar-refractivity contribution in [2.75, 3.05) is 43.1 Å². The first kappa shape index (κ1) is 18.8. The van der Waals surface area contributed by atoms with E-state index in [-0.39, 0.29) is 24.3 Å². The molecule has 0 radical (unpaired) electrons. The lowest BCUT2D eigenvalue weighted by molar-refractivity contribution is -0.915. The summed E-state index contributed by atoms with van der Waals surface area (Å²) in [5.41, 5.74) is 1.71. The molecule has 0 bridgehead atoms. The number of ether oxygens (including phenoxy) is 1. The van der Waals surface area contributed by atoms with Crippen molar-refractivity contribution in [1.82, 2.24) is 0 Å². The molecule has 2 fully saturated rings. The monoisotopic (exact) mass is 400 g/mol. The molecule has 1 N–H and O–H groups in total. The number of methoxy groups -OCH3 is 1. The van der Waals surface area contributed by atoms with Crippen molar-refractivity contribution >= 4 is 34.8 Å². The first-order valence-corrected chi connectivity index (χ1v) is 9.80. The van der Waals surface area contributed by atoms with Gasteiger partial charge >= 0.3 is 0 Å². The highest BCUT2D eigenvalue weighted by atomic mass is 35.5. The van der Waals surface area contributed by atoms with Gasteiger partial charge in [-0.15, -0.1) is 0 Å². The molecule has 4 rings (SSSR count). The Balaban J connectivity index is 1.44. The van der Waals surface area contributed by atoms with E-state index in [0.29, 0.717) is 11.4 Å². The second-order valence-electron chi connectivity index (χ2n) is 7.15. The van der Waals surface area contributed by atoms with Crippen molar-refractivity contribution < 1.29 is 19.2 Å². The van der Waals surface area contributed by atoms with Gasteiger partial charge in [-0.2, -0.15) is 0 Å². The summed E-state index contributed by atoms with van der Waals surface area (Å²) >= 11 is 5.97. The summed E-state index contributed by atoms with van der Waals surface area (Å²) in [4.78, 5) is 30.4. The Labute approximate surface area is 169 Å². The molecule has 0 aromatic heterocycles. The molecule has 0 saturated carbocycles. The van der Waals surface area contributed by atoms with E-state index in [0.717, 1.165) is 36.9 Å². The van der Waals surface area contributed by atoms with Gasteiger partial charge in [0.25, 0.3) is 5.91 Å². The van der Waals surface area contributed by atoms with Crippen LogP contribution in [0.4, 0.5) is 11.4 Å². The molecule has 6 nitrogen and oxygen atoms in total. The zero-order chi connectivity index (χ0) is 19.7. The third kappa shape index (κ3) is 3.57. The van der Waals surface area contributed by atoms with Crippen molar-refractivity contribution in [3.05, 3.63) is 53.6 Å². The molecule has 0 aliphatic carbocycles. The Morgan fingerprint density at radius 1 is 1.04 bits per heavy atom. The third-order valence-electron chi connectivity index (χ3n) is 5.55. The Hall–Kier alpha value is -2.57. The minimum absolute atomic E-state index is 0.117. The first-order chi connectivity index (χ1) is 13.6. The molecule has 2 saturated heterocycles. The van der Waals surface area contributed by atoms with Gasteiger partial charge in [-0.3, -0.25) is 9.59 Å². The van der Waals surface area contributed by atoms with Crippen molar-refractivity contribution in [3.63, 3.8) is 0 Å². The fourth-order valence-electron chi connectivity index (χ4n) is 4.02. The van der Waals surface area contributed by atoms with Crippen LogP contribution in [-0.4, -0.2) is 51.1 Å². The van der Waals surface area contributed by atoms with Crippen molar-refractivity contribution in [2.24, 2.45) is 0 Å². The molecule has 7 heteroatoms. The Morgan fingerprint density at radius 2 is 1.75 bits per heavy atom. The molecule has 0 spiro atoms. The summed E-state index contributed by atoms with van der Waals surface area (Å²) in [5, 5.41) is 0.723. The van der Waals surface area contributed by atoms with Gasteiger partial charge < -0.3 is 14.5 Å². The predicted octanol–water partition coefficient (Wildman–Crippen LogP) is 1.39. The number of amides is 2. The van der Waals surface area contributed by atoms with Crippen LogP contribution in [0.2, 0.25) is 5.02 Å². The van der Waals surface area contributed by atoms with Gasteiger partial charge in [0, 0.05) is 16.8 Å². The predicted molar refractivity (Wildman–Crippen MR) is 108 cm³/mol. The minimum atomic E-state index is -0.314. The highest BCUT2D eigenvalue weighted by molar-refractivity contribution is 6.30. The number of carbonyl (C=O) groups excluding carboxylic acids is 2. The van der Waals surface area contributed by atoms with Crippen molar-refractivity contribution in [3.8, 4) is 5.75 Å². The fourth-order valence-corrected chi connectivity index (χ4v) is 4.15. The number of hydrogen-bond acceptors (Lipinski definition) is 4. The summed E-state index contributed by atoms with van der Waals surface area (Å²) in [6.07, 6.45) is 0.256. The summed E-state index contributed by atoms with van der Waals surface area (Å²) in [5.74, 6) is 0.370. The number of halogens is 1. The summed E-state index contributed by atoms with van der Waals surface area (Å²) in [7, 11) is 1.57. The van der Waals surface area contributed by atoms with E-state index >= 15 is 0 Å². The van der Waals surface area contributed by atoms with Gasteiger partial charge in [-0.1, -0.05) is 17.7 Å². The quantitative estimate of drug-likeness (QED) is 0.788. The van der Waals surface area contributed by atoms with E-state index in [4.69, 9.17) is 16.3 Å². The summed E-state index contributed by atoms with van der Waals surface area (Å²) in [6.45, 7) is 3.32. The fraction of sp³-hybridized carbons (Fsp3) is 0.333. The summed E-state index contributed by atoms with van der Waals surface area (Å²) < 4.78 is 5.22. The van der Waals surface area contributed by atoms with Crippen molar-refractivity contribution in [1.29, 1.82) is 0 Å². The first-order valence-electron chi connectivity index (χ1n) is 9.43. The molecule has 2 aromatic carbocycles. The number of imide groups is 1. The molecule has 146 valence electrons. The van der Waals surface area contributed by atoms with Crippen LogP contribution in [0.15, 0.2) is 48.5 Å². The number of carbonyl (C=O) groups is 2. The largest absolute Gasteiger partial charge is 0.497 e. The molecule has 0 unspecified atom stereocenters. The van der Waals surface area contributed by atoms with Crippen LogP contribution >= 0.6 is 11.6 Å². The SMILES string of the molecule is COc1cccc(N2C(=O)C[C@@H]([NH+]3CCN(c4ccc(Cl)cc4)CC3)C2=O)c1. The van der Waals surface area contributed by atoms with E-state index in [1.807, 2.05) is 24.3 Å². The molecule has 2 amide bonds. The average molecular weight is 401 g/mol. The minimum Gasteiger partial charge on any atom is -0.497 e. The van der Waals surface area contributed by atoms with Crippen LogP contribution in [0.5, 0.6) is 5.75 Å². The molecule has 28 heavy (non-hydrogen) atoms. The highest BCUT2D eigenvalue weighted by Gasteiger charge is 2.46. The Morgan fingerprint density at radius 3 is 2.43 bits per heavy atom. The second kappa shape index (κ2) is 7.81. The van der Waals surface area contributed by atoms with Gasteiger partial charge in [0.05, 0.1) is 45.4 Å². The van der Waals surface area contributed by atoms with Crippen LogP contribution in [0.1, 0.15) is 6.42 Å². The van der Waals surface area contributed by atoms with Gasteiger partial charge in [0.15, 0.2) is 6.04 Å². The zero-order valence-electron chi connectivity index (χ0n) is 15.7. The maximum absolute atomic E-state index is 13.0. The number of hydrogen-bond donors (Lipinski definition) is 1. The van der Waals surface area contributed by atoms with E-state index in [2.05, 4.69) is 4.90 Å². The summed E-state index contributed by atoms with van der Waals surface area (Å²) in [6, 6.07) is 14.6. The maximum atomic E-state index is 13.0. The molecule has 2 aliphatic rings. The van der Waals surface area contributed by atoms with E-state index in [9.17, 15) is 9.59 Å². The number of nitrogens with zero attached hydrogens (tertiary/aromatic N) is 2. The standard InChI is InChI=1S/C21H22ClN3O3/c1-28-18-4-2-3-17(13-18)25-20(26)14-19(21(25)27)24-11-9-23(10-12-24)16-7-5-15(22)6-8-16/h2-8,13,19H,9-12,14H2,1H3/p+1/t19-/m1/s1. The topological polar surface area (TPSA) is 54.3 Å². The van der Waals surface area contributed by atoms with Gasteiger partial charge in [-0.05, 0) is 36.4 Å². The van der Waals surface area contributed by atoms with Gasteiger partial charge in [0.2, 0.25) is 5.91 Å². The van der Waals surface area contributed by atoms with E-state index in [1.165, 1.54) is 9.80 Å². The molecular formula is C21H23ClN3O3+. The molecule has 2 aliphatic heterocycles. The van der Waals surface area contributed by atoms with Gasteiger partial charge in [0.1, 0.15) is 5.75 Å². The second-order valence-corrected chi connectivity index (χ2v) is 7.58. The molecule has 1 atom stereocenters. The van der Waals surface area contributed by atoms with E-state index < -0.39 is 0 Å². The van der Waals surface area contributed by atoms with Crippen LogP contribution in [0, 0.1) is 0 Å². The lowest BCUT2D eigenvalue weighted by atomic mass is 10.1. The average Bonchev–Trinajstić information content (AvgIpc) is 3.03. The number of piperazine rings is 1. The number of benzene rings is 2. The van der Waals surface area contributed by atoms with Crippen LogP contribution in [0.25, 0.3) is 0 Å². The Kier molecular flexibility index (Phi) is 5.24. The van der Waals surface area contributed by atoms with Crippen molar-refractivity contribution in [2.45, 2.75) is 12.5 Å². The lowest BCUT2D eigenvalue weighted by Gasteiger charge is -2.35. The van der Waals surface area contributed by atoms with Gasteiger partial charge in [-0.25, -0.2) is 4.90 Å². The van der Waals surface area contributed by atoms with Crippen LogP contribution in [0.3, 0.4) is 0 Å². The highest BCUT2D eigenvalue weighted by Crippen LogP contribution is 2.26. The number of rotatable bonds is 4. The number of nitrogens with one attached hydrogen (secondary N) is 1. The molecular weight excluding hydrogens is 378 g/mol. The maximum Gasteiger partial charge on any atom is 0.292 e. The number of quaternary nitrogens is 1.